The Bertz CT molecular complexity index is 1980. The number of piperidine rings is 2. The average molecular weight is 752 g/mol. The number of aromatic nitrogens is 1. The number of nitrogens with two attached hydrogens (primary N) is 1. The Kier molecular flexibility index (Phi) is 11.1. The molecule has 1 aromatic heterocycles. The van der Waals surface area contributed by atoms with Crippen molar-refractivity contribution in [2.24, 2.45) is 22.6 Å². The quantitative estimate of drug-likeness (QED) is 0.134. The lowest BCUT2D eigenvalue weighted by atomic mass is 9.81. The largest absolute Gasteiger partial charge is 0.457 e. The first-order chi connectivity index (χ1) is 25.7. The minimum absolute atomic E-state index is 0.0312. The van der Waals surface area contributed by atoms with Crippen molar-refractivity contribution in [1.82, 2.24) is 10.3 Å². The van der Waals surface area contributed by atoms with Gasteiger partial charge in [0.05, 0.1) is 11.1 Å². The number of ether oxygens (including phenoxy) is 1. The molecular weight excluding hydrogens is 716 g/mol. The van der Waals surface area contributed by atoms with Crippen LogP contribution in [0.25, 0.3) is 0 Å². The van der Waals surface area contributed by atoms with Crippen molar-refractivity contribution >= 4 is 23.5 Å². The standard InChI is InChI=1S/C39H35F6N5O4/c40-38(41,42)28-21-47-29(20-27(28)37(53)54-22-23-10-4-1-5-11-23)50-18-16-24(17-19-50)32(46)30-31(39(43,44)45)34(51)36(52)49-35(30)48-33(25-12-6-2-7-13-25)26-14-8-3-9-15-26/h1-15,20-21,24,31,33-34,51H,16-19,22,46H2,(H,48,49,52)/t31-,34-/m1/s1. The lowest BCUT2D eigenvalue weighted by Crippen LogP contribution is -2.56. The fourth-order valence-electron chi connectivity index (χ4n) is 6.67. The third kappa shape index (κ3) is 8.41. The molecule has 6 rings (SSSR count). The summed E-state index contributed by atoms with van der Waals surface area (Å²) in [5, 5.41) is 13.0. The average Bonchev–Trinajstić information content (AvgIpc) is 3.17. The van der Waals surface area contributed by atoms with Gasteiger partial charge in [0.1, 0.15) is 36.3 Å². The van der Waals surface area contributed by atoms with Crippen LogP contribution in [0, 0.1) is 11.8 Å². The van der Waals surface area contributed by atoms with Crippen LogP contribution in [0.1, 0.15) is 51.5 Å². The summed E-state index contributed by atoms with van der Waals surface area (Å²) < 4.78 is 91.2. The van der Waals surface area contributed by atoms with Gasteiger partial charge in [-0.3, -0.25) is 9.79 Å². The number of aliphatic hydroxyl groups is 1. The molecule has 4 aromatic rings. The molecule has 2 fully saturated rings. The zero-order valence-corrected chi connectivity index (χ0v) is 28.5. The van der Waals surface area contributed by atoms with Crippen molar-refractivity contribution in [2.45, 2.75) is 43.9 Å². The molecule has 2 saturated heterocycles. The van der Waals surface area contributed by atoms with Crippen molar-refractivity contribution in [3.63, 3.8) is 0 Å². The summed E-state index contributed by atoms with van der Waals surface area (Å²) in [7, 11) is 0. The van der Waals surface area contributed by atoms with E-state index in [1.54, 1.807) is 95.9 Å². The summed E-state index contributed by atoms with van der Waals surface area (Å²) in [5.41, 5.74) is 5.59. The number of hydrogen-bond acceptors (Lipinski definition) is 8. The Labute approximate surface area is 306 Å². The summed E-state index contributed by atoms with van der Waals surface area (Å²) in [4.78, 5) is 36.0. The highest BCUT2D eigenvalue weighted by atomic mass is 19.4. The lowest BCUT2D eigenvalue weighted by molar-refractivity contribution is -0.191. The highest BCUT2D eigenvalue weighted by Crippen LogP contribution is 2.42. The highest BCUT2D eigenvalue weighted by molar-refractivity contribution is 6.13. The van der Waals surface area contributed by atoms with Crippen molar-refractivity contribution < 1.29 is 45.8 Å². The van der Waals surface area contributed by atoms with Crippen LogP contribution in [0.2, 0.25) is 0 Å². The first-order valence-electron chi connectivity index (χ1n) is 17.0. The van der Waals surface area contributed by atoms with Crippen LogP contribution in [0.4, 0.5) is 32.2 Å². The summed E-state index contributed by atoms with van der Waals surface area (Å²) in [6.07, 6.45) is -11.7. The van der Waals surface area contributed by atoms with Gasteiger partial charge in [0.25, 0.3) is 5.91 Å². The molecule has 9 nitrogen and oxygen atoms in total. The van der Waals surface area contributed by atoms with Crippen LogP contribution >= 0.6 is 0 Å². The van der Waals surface area contributed by atoms with E-state index in [2.05, 4.69) is 15.3 Å². The van der Waals surface area contributed by atoms with Crippen molar-refractivity contribution in [3.8, 4) is 0 Å². The van der Waals surface area contributed by atoms with Gasteiger partial charge in [-0.05, 0) is 35.6 Å². The molecule has 54 heavy (non-hydrogen) atoms. The number of amidine groups is 1. The summed E-state index contributed by atoms with van der Waals surface area (Å²) >= 11 is 0. The number of aliphatic imine (C=N–C) groups is 1. The fourth-order valence-corrected chi connectivity index (χ4v) is 6.67. The summed E-state index contributed by atoms with van der Waals surface area (Å²) in [6, 6.07) is 26.1. The highest BCUT2D eigenvalue weighted by Gasteiger charge is 2.54. The molecule has 3 aromatic carbocycles. The van der Waals surface area contributed by atoms with Gasteiger partial charge < -0.3 is 25.8 Å². The molecule has 0 spiro atoms. The van der Waals surface area contributed by atoms with Gasteiger partial charge in [-0.2, -0.15) is 26.3 Å². The third-order valence-electron chi connectivity index (χ3n) is 9.43. The number of carbonyl (C=O) groups excluding carboxylic acids is 2. The zero-order chi connectivity index (χ0) is 38.6. The van der Waals surface area contributed by atoms with E-state index in [9.17, 15) is 41.0 Å². The van der Waals surface area contributed by atoms with Gasteiger partial charge in [-0.1, -0.05) is 91.0 Å². The number of nitrogens with one attached hydrogen (secondary N) is 1. The molecule has 3 heterocycles. The summed E-state index contributed by atoms with van der Waals surface area (Å²) in [5.74, 6) is -6.28. The molecule has 2 atom stereocenters. The predicted molar refractivity (Wildman–Crippen MR) is 187 cm³/mol. The monoisotopic (exact) mass is 751 g/mol. The van der Waals surface area contributed by atoms with E-state index in [1.165, 1.54) is 0 Å². The second-order valence-corrected chi connectivity index (χ2v) is 12.9. The lowest BCUT2D eigenvalue weighted by Gasteiger charge is -2.38. The number of anilines is 1. The van der Waals surface area contributed by atoms with Crippen LogP contribution < -0.4 is 16.0 Å². The molecule has 0 saturated carbocycles. The molecule has 4 N–H and O–H groups in total. The molecule has 2 aliphatic heterocycles. The maximum atomic E-state index is 14.7. The number of amides is 1. The van der Waals surface area contributed by atoms with Gasteiger partial charge in [-0.25, -0.2) is 9.78 Å². The van der Waals surface area contributed by atoms with Crippen LogP contribution in [-0.4, -0.2) is 53.2 Å². The number of nitrogens with zero attached hydrogens (tertiary/aromatic N) is 3. The number of benzene rings is 3. The Morgan fingerprint density at radius 2 is 1.48 bits per heavy atom. The number of rotatable bonds is 8. The molecular formula is C39H35F6N5O4. The Morgan fingerprint density at radius 1 is 0.926 bits per heavy atom. The number of hydrogen-bond donors (Lipinski definition) is 3. The minimum Gasteiger partial charge on any atom is -0.457 e. The minimum atomic E-state index is -5.09. The first-order valence-corrected chi connectivity index (χ1v) is 17.0. The van der Waals surface area contributed by atoms with E-state index in [1.807, 2.05) is 0 Å². The SMILES string of the molecule is NC(=C1C(=NC(c2ccccc2)c2ccccc2)NC(=O)[C@H](O)[C@@H]1C(F)(F)F)C1CCN(c2cc(C(=O)OCc3ccccc3)c(C(F)(F)F)cn2)CC1. The van der Waals surface area contributed by atoms with Gasteiger partial charge in [0.15, 0.2) is 0 Å². The molecule has 0 bridgehead atoms. The second-order valence-electron chi connectivity index (χ2n) is 12.9. The van der Waals surface area contributed by atoms with Crippen LogP contribution in [0.5, 0.6) is 0 Å². The van der Waals surface area contributed by atoms with E-state index in [-0.39, 0.29) is 44.1 Å². The third-order valence-corrected chi connectivity index (χ3v) is 9.43. The molecule has 0 aliphatic carbocycles. The van der Waals surface area contributed by atoms with E-state index in [0.29, 0.717) is 22.9 Å². The number of esters is 1. The molecule has 1 amide bonds. The number of halogens is 6. The normalized spacial score (nSPS) is 20.2. The maximum Gasteiger partial charge on any atom is 0.418 e. The van der Waals surface area contributed by atoms with Gasteiger partial charge in [0, 0.05) is 36.5 Å². The molecule has 2 aliphatic rings. The number of aliphatic hydroxyl groups excluding tert-OH is 1. The van der Waals surface area contributed by atoms with Gasteiger partial charge >= 0.3 is 18.3 Å². The van der Waals surface area contributed by atoms with Gasteiger partial charge in [-0.15, -0.1) is 0 Å². The van der Waals surface area contributed by atoms with E-state index >= 15 is 0 Å². The number of alkyl halides is 6. The Hall–Kier alpha value is -5.70. The fraction of sp³-hybridized carbons (Fsp3) is 0.282. The van der Waals surface area contributed by atoms with Crippen molar-refractivity contribution in [1.29, 1.82) is 0 Å². The van der Waals surface area contributed by atoms with Crippen molar-refractivity contribution in [2.75, 3.05) is 18.0 Å². The maximum absolute atomic E-state index is 14.7. The van der Waals surface area contributed by atoms with Crippen LogP contribution in [0.15, 0.2) is 120 Å². The Balaban J connectivity index is 1.31. The number of pyridine rings is 1. The predicted octanol–water partition coefficient (Wildman–Crippen LogP) is 6.74. The molecule has 15 heteroatoms. The molecule has 282 valence electrons. The zero-order valence-electron chi connectivity index (χ0n) is 28.5. The smallest absolute Gasteiger partial charge is 0.418 e. The molecule has 0 unspecified atom stereocenters. The van der Waals surface area contributed by atoms with Gasteiger partial charge in [0.2, 0.25) is 0 Å². The van der Waals surface area contributed by atoms with E-state index < -0.39 is 70.7 Å². The van der Waals surface area contributed by atoms with E-state index in [0.717, 1.165) is 6.07 Å². The first kappa shape index (κ1) is 38.0. The number of allylic oxidation sites excluding steroid dienone is 1. The van der Waals surface area contributed by atoms with Crippen LogP contribution in [-0.2, 0) is 22.3 Å². The topological polar surface area (TPSA) is 130 Å². The molecule has 0 radical (unpaired) electrons. The van der Waals surface area contributed by atoms with E-state index in [4.69, 9.17) is 10.5 Å². The van der Waals surface area contributed by atoms with Crippen LogP contribution in [0.3, 0.4) is 0 Å². The van der Waals surface area contributed by atoms with Crippen molar-refractivity contribution in [3.05, 3.63) is 142 Å². The number of carbonyl (C=O) groups is 2. The Morgan fingerprint density at radius 3 is 2.02 bits per heavy atom. The summed E-state index contributed by atoms with van der Waals surface area (Å²) in [6.45, 7) is -0.0841. The second kappa shape index (κ2) is 15.7.